The Bertz CT molecular complexity index is 1620. The summed E-state index contributed by atoms with van der Waals surface area (Å²) in [6.07, 6.45) is -5.07. The van der Waals surface area contributed by atoms with E-state index >= 15 is 0 Å². The maximum absolute atomic E-state index is 14.7. The third-order valence-electron chi connectivity index (χ3n) is 8.38. The van der Waals surface area contributed by atoms with Crippen molar-refractivity contribution in [2.24, 2.45) is 11.8 Å². The number of tetrazole rings is 1. The van der Waals surface area contributed by atoms with E-state index in [1.165, 1.54) is 4.90 Å². The van der Waals surface area contributed by atoms with Crippen LogP contribution >= 0.6 is 0 Å². The van der Waals surface area contributed by atoms with E-state index in [0.717, 1.165) is 17.7 Å². The van der Waals surface area contributed by atoms with Gasteiger partial charge in [-0.1, -0.05) is 58.0 Å². The third-order valence-corrected chi connectivity index (χ3v) is 8.38. The van der Waals surface area contributed by atoms with Crippen LogP contribution in [0.15, 0.2) is 42.5 Å². The van der Waals surface area contributed by atoms with Gasteiger partial charge in [0, 0.05) is 36.6 Å². The second kappa shape index (κ2) is 17.7. The van der Waals surface area contributed by atoms with Crippen LogP contribution in [0.2, 0.25) is 0 Å². The van der Waals surface area contributed by atoms with E-state index in [9.17, 15) is 36.7 Å². The number of carbonyl (C=O) groups excluding carboxylic acids is 4. The molecule has 1 aliphatic rings. The number of aromatic amines is 1. The van der Waals surface area contributed by atoms with Gasteiger partial charge < -0.3 is 25.6 Å². The normalized spacial score (nSPS) is 17.0. The minimum Gasteiger partial charge on any atom is -0.449 e. The largest absolute Gasteiger partial charge is 0.449 e. The molecule has 2 aromatic carbocycles. The summed E-state index contributed by atoms with van der Waals surface area (Å²) < 4.78 is 62.0. The SMILES string of the molecule is CC(C)COC(=O)N[C@H](C(=O)N1C[C@H](c2ccccc2)C[C@H]1C(=O)N[C@@H](CC(F)F)C(=O)NCCc1c(F)cc(-c2nn[nH]n2)cc1F)C(C)C. The van der Waals surface area contributed by atoms with Crippen molar-refractivity contribution in [3.05, 3.63) is 65.2 Å². The first kappa shape index (κ1) is 38.7. The van der Waals surface area contributed by atoms with Gasteiger partial charge in [-0.2, -0.15) is 5.21 Å². The molecular formula is C34H42F4N8O5. The fourth-order valence-electron chi connectivity index (χ4n) is 5.76. The van der Waals surface area contributed by atoms with Crippen molar-refractivity contribution in [1.29, 1.82) is 0 Å². The van der Waals surface area contributed by atoms with Gasteiger partial charge in [-0.3, -0.25) is 14.4 Å². The second-order valence-electron chi connectivity index (χ2n) is 13.1. The summed E-state index contributed by atoms with van der Waals surface area (Å²) in [6, 6.07) is 7.12. The molecule has 1 aliphatic heterocycles. The van der Waals surface area contributed by atoms with Gasteiger partial charge in [0.25, 0.3) is 0 Å². The third kappa shape index (κ3) is 10.5. The molecule has 17 heteroatoms. The highest BCUT2D eigenvalue weighted by molar-refractivity contribution is 5.94. The number of likely N-dealkylation sites (tertiary alicyclic amines) is 1. The van der Waals surface area contributed by atoms with Gasteiger partial charge in [0.15, 0.2) is 0 Å². The highest BCUT2D eigenvalue weighted by Gasteiger charge is 2.44. The fraction of sp³-hybridized carbons (Fsp3) is 0.500. The van der Waals surface area contributed by atoms with Gasteiger partial charge in [0.05, 0.1) is 6.61 Å². The average Bonchev–Trinajstić information content (AvgIpc) is 3.78. The highest BCUT2D eigenvalue weighted by Crippen LogP contribution is 2.33. The Morgan fingerprint density at radius 3 is 2.29 bits per heavy atom. The van der Waals surface area contributed by atoms with E-state index in [4.69, 9.17) is 4.74 Å². The van der Waals surface area contributed by atoms with Gasteiger partial charge in [0.2, 0.25) is 30.0 Å². The molecule has 1 fully saturated rings. The van der Waals surface area contributed by atoms with Crippen LogP contribution in [0.25, 0.3) is 11.4 Å². The van der Waals surface area contributed by atoms with E-state index in [1.54, 1.807) is 26.0 Å². The summed E-state index contributed by atoms with van der Waals surface area (Å²) in [6.45, 7) is 7.01. The number of nitrogens with zero attached hydrogens (tertiary/aromatic N) is 4. The average molecular weight is 719 g/mol. The van der Waals surface area contributed by atoms with Crippen molar-refractivity contribution in [2.75, 3.05) is 19.7 Å². The summed E-state index contributed by atoms with van der Waals surface area (Å²) in [4.78, 5) is 54.7. The number of rotatable bonds is 15. The number of aromatic nitrogens is 4. The Balaban J connectivity index is 1.48. The van der Waals surface area contributed by atoms with Crippen LogP contribution in [-0.2, 0) is 25.5 Å². The van der Waals surface area contributed by atoms with E-state index in [1.807, 2.05) is 32.0 Å². The molecule has 0 spiro atoms. The number of hydrogen-bond acceptors (Lipinski definition) is 8. The smallest absolute Gasteiger partial charge is 0.407 e. The molecule has 2 heterocycles. The van der Waals surface area contributed by atoms with Gasteiger partial charge in [0.1, 0.15) is 29.8 Å². The highest BCUT2D eigenvalue weighted by atomic mass is 19.3. The number of alkyl carbamates (subject to hydrolysis) is 1. The van der Waals surface area contributed by atoms with E-state index in [2.05, 4.69) is 36.6 Å². The molecule has 0 aliphatic carbocycles. The Labute approximate surface area is 292 Å². The first-order valence-electron chi connectivity index (χ1n) is 16.6. The molecule has 4 rings (SSSR count). The van der Waals surface area contributed by atoms with Crippen LogP contribution in [0.1, 0.15) is 57.6 Å². The molecule has 13 nitrogen and oxygen atoms in total. The van der Waals surface area contributed by atoms with Gasteiger partial charge in [-0.25, -0.2) is 22.4 Å². The second-order valence-corrected chi connectivity index (χ2v) is 13.1. The number of halogens is 4. The molecule has 4 atom stereocenters. The maximum atomic E-state index is 14.7. The molecule has 51 heavy (non-hydrogen) atoms. The monoisotopic (exact) mass is 718 g/mol. The van der Waals surface area contributed by atoms with Gasteiger partial charge in [-0.15, -0.1) is 10.2 Å². The predicted molar refractivity (Wildman–Crippen MR) is 176 cm³/mol. The topological polar surface area (TPSA) is 171 Å². The zero-order valence-electron chi connectivity index (χ0n) is 28.7. The molecule has 276 valence electrons. The molecule has 0 radical (unpaired) electrons. The zero-order valence-corrected chi connectivity index (χ0v) is 28.7. The molecule has 0 unspecified atom stereocenters. The van der Waals surface area contributed by atoms with Gasteiger partial charge in [-0.05, 0) is 47.6 Å². The summed E-state index contributed by atoms with van der Waals surface area (Å²) in [7, 11) is 0. The Morgan fingerprint density at radius 2 is 1.71 bits per heavy atom. The maximum Gasteiger partial charge on any atom is 0.407 e. The number of carbonyl (C=O) groups is 4. The zero-order chi connectivity index (χ0) is 37.2. The molecule has 1 saturated heterocycles. The first-order chi connectivity index (χ1) is 24.2. The Hall–Kier alpha value is -5.09. The van der Waals surface area contributed by atoms with E-state index in [-0.39, 0.29) is 61.3 Å². The number of ether oxygens (including phenoxy) is 1. The van der Waals surface area contributed by atoms with Gasteiger partial charge >= 0.3 is 6.09 Å². The quantitative estimate of drug-likeness (QED) is 0.172. The van der Waals surface area contributed by atoms with Crippen LogP contribution in [0.5, 0.6) is 0 Å². The fourth-order valence-corrected chi connectivity index (χ4v) is 5.76. The molecular weight excluding hydrogens is 676 g/mol. The van der Waals surface area contributed by atoms with E-state index < -0.39 is 72.3 Å². The van der Waals surface area contributed by atoms with Crippen LogP contribution in [0.4, 0.5) is 22.4 Å². The van der Waals surface area contributed by atoms with Crippen LogP contribution in [-0.4, -0.2) is 93.6 Å². The molecule has 4 amide bonds. The summed E-state index contributed by atoms with van der Waals surface area (Å²) >= 11 is 0. The number of amides is 4. The Morgan fingerprint density at radius 1 is 1.02 bits per heavy atom. The predicted octanol–water partition coefficient (Wildman–Crippen LogP) is 3.74. The van der Waals surface area contributed by atoms with Crippen molar-refractivity contribution in [3.8, 4) is 11.4 Å². The van der Waals surface area contributed by atoms with Crippen molar-refractivity contribution in [2.45, 2.75) is 77.4 Å². The van der Waals surface area contributed by atoms with Crippen molar-refractivity contribution in [1.82, 2.24) is 41.5 Å². The summed E-state index contributed by atoms with van der Waals surface area (Å²) in [5.41, 5.74) is 0.495. The molecule has 3 aromatic rings. The first-order valence-corrected chi connectivity index (χ1v) is 16.6. The van der Waals surface area contributed by atoms with E-state index in [0.29, 0.717) is 0 Å². The Kier molecular flexibility index (Phi) is 13.4. The van der Waals surface area contributed by atoms with Crippen molar-refractivity contribution >= 4 is 23.8 Å². The lowest BCUT2D eigenvalue weighted by molar-refractivity contribution is -0.141. The standard InChI is InChI=1S/C34H42F4N8O5/c1-18(2)17-51-34(50)41-29(19(3)4)33(49)46-16-22(20-8-6-5-7-9-20)14-27(46)32(48)40-26(15-28(37)38)31(47)39-11-10-23-24(35)12-21(13-25(23)36)30-42-44-45-43-30/h5-9,12-13,18-19,22,26-29H,10-11,14-17H2,1-4H3,(H,39,47)(H,40,48)(H,41,50)(H,42,43,44,45)/t22-,26+,27+,29+/m1/s1. The minimum absolute atomic E-state index is 0.0294. The summed E-state index contributed by atoms with van der Waals surface area (Å²) in [5, 5.41) is 20.2. The lowest BCUT2D eigenvalue weighted by Crippen LogP contribution is -2.57. The van der Waals surface area contributed by atoms with Crippen molar-refractivity contribution in [3.63, 3.8) is 0 Å². The van der Waals surface area contributed by atoms with Crippen LogP contribution in [0, 0.1) is 23.5 Å². The minimum atomic E-state index is -3.00. The number of nitrogens with one attached hydrogen (secondary N) is 4. The molecule has 0 bridgehead atoms. The molecule has 4 N–H and O–H groups in total. The number of benzene rings is 2. The van der Waals surface area contributed by atoms with Crippen LogP contribution in [0.3, 0.4) is 0 Å². The van der Waals surface area contributed by atoms with Crippen molar-refractivity contribution < 1.29 is 41.5 Å². The number of H-pyrrole nitrogens is 1. The lowest BCUT2D eigenvalue weighted by Gasteiger charge is -2.31. The summed E-state index contributed by atoms with van der Waals surface area (Å²) in [5.74, 6) is -5.01. The number of alkyl halides is 2. The van der Waals surface area contributed by atoms with Crippen LogP contribution < -0.4 is 16.0 Å². The lowest BCUT2D eigenvalue weighted by atomic mass is 9.96. The molecule has 1 aromatic heterocycles. The molecule has 0 saturated carbocycles. The number of hydrogen-bond donors (Lipinski definition) is 4.